The van der Waals surface area contributed by atoms with E-state index in [9.17, 15) is 13.6 Å². The van der Waals surface area contributed by atoms with Crippen LogP contribution in [0.15, 0.2) is 11.4 Å². The zero-order valence-corrected chi connectivity index (χ0v) is 9.44. The Labute approximate surface area is 95.4 Å². The third-order valence-electron chi connectivity index (χ3n) is 1.84. The van der Waals surface area contributed by atoms with Crippen molar-refractivity contribution in [3.8, 4) is 5.75 Å². The van der Waals surface area contributed by atoms with Gasteiger partial charge in [-0.15, -0.1) is 11.3 Å². The fourth-order valence-electron chi connectivity index (χ4n) is 0.914. The molecule has 0 saturated heterocycles. The van der Waals surface area contributed by atoms with Gasteiger partial charge in [-0.05, 0) is 0 Å². The average molecular weight is 250 g/mol. The van der Waals surface area contributed by atoms with E-state index < -0.39 is 24.9 Å². The molecule has 0 aliphatic carbocycles. The third kappa shape index (κ3) is 3.42. The number of rotatable bonds is 5. The molecule has 1 aromatic heterocycles. The molecule has 0 unspecified atom stereocenters. The number of nitrogens with one attached hydrogen (secondary N) is 1. The molecule has 1 rings (SSSR count). The van der Waals surface area contributed by atoms with Gasteiger partial charge in [-0.3, -0.25) is 4.79 Å². The van der Waals surface area contributed by atoms with Crippen molar-refractivity contribution in [3.63, 3.8) is 0 Å². The fourth-order valence-corrected chi connectivity index (χ4v) is 1.68. The van der Waals surface area contributed by atoms with E-state index in [1.165, 1.54) is 13.2 Å². The molecular weight excluding hydrogens is 238 g/mol. The number of methoxy groups -OCH3 is 1. The van der Waals surface area contributed by atoms with Crippen LogP contribution in [0.1, 0.15) is 9.67 Å². The first-order valence-corrected chi connectivity index (χ1v) is 5.35. The van der Waals surface area contributed by atoms with E-state index in [1.807, 2.05) is 0 Å². The van der Waals surface area contributed by atoms with Crippen LogP contribution < -0.4 is 15.8 Å². The minimum absolute atomic E-state index is 0.324. The number of amides is 1. The highest BCUT2D eigenvalue weighted by Crippen LogP contribution is 2.21. The zero-order chi connectivity index (χ0) is 12.2. The Morgan fingerprint density at radius 3 is 2.88 bits per heavy atom. The van der Waals surface area contributed by atoms with Crippen LogP contribution in [-0.2, 0) is 0 Å². The maximum atomic E-state index is 12.7. The quantitative estimate of drug-likeness (QED) is 0.822. The molecule has 1 aromatic rings. The monoisotopic (exact) mass is 250 g/mol. The van der Waals surface area contributed by atoms with Gasteiger partial charge >= 0.3 is 0 Å². The number of thiophene rings is 1. The Hall–Kier alpha value is -1.21. The van der Waals surface area contributed by atoms with E-state index in [0.717, 1.165) is 11.3 Å². The lowest BCUT2D eigenvalue weighted by molar-refractivity contribution is 0.0119. The van der Waals surface area contributed by atoms with Crippen molar-refractivity contribution in [1.82, 2.24) is 5.32 Å². The molecule has 0 saturated carbocycles. The molecule has 1 amide bonds. The highest BCUT2D eigenvalue weighted by Gasteiger charge is 2.27. The van der Waals surface area contributed by atoms with Crippen molar-refractivity contribution in [2.45, 2.75) is 5.92 Å². The lowest BCUT2D eigenvalue weighted by Gasteiger charge is -2.13. The minimum atomic E-state index is -3.07. The lowest BCUT2D eigenvalue weighted by Crippen LogP contribution is -2.41. The molecule has 90 valence electrons. The second-order valence-electron chi connectivity index (χ2n) is 3.09. The summed E-state index contributed by atoms with van der Waals surface area (Å²) in [4.78, 5) is 11.7. The van der Waals surface area contributed by atoms with Crippen LogP contribution in [0.2, 0.25) is 0 Å². The van der Waals surface area contributed by atoms with Crippen LogP contribution in [0.25, 0.3) is 0 Å². The maximum absolute atomic E-state index is 12.7. The molecule has 0 atom stereocenters. The first-order valence-electron chi connectivity index (χ1n) is 4.47. The van der Waals surface area contributed by atoms with E-state index in [1.54, 1.807) is 5.38 Å². The average Bonchev–Trinajstić information content (AvgIpc) is 2.74. The summed E-state index contributed by atoms with van der Waals surface area (Å²) in [6.45, 7) is -1.55. The van der Waals surface area contributed by atoms with Crippen LogP contribution in [-0.4, -0.2) is 32.0 Å². The van der Waals surface area contributed by atoms with Gasteiger partial charge in [-0.1, -0.05) is 0 Å². The number of alkyl halides is 2. The van der Waals surface area contributed by atoms with Crippen LogP contribution in [0.3, 0.4) is 0 Å². The number of carbonyl (C=O) groups is 1. The fraction of sp³-hybridized carbons (Fsp3) is 0.444. The summed E-state index contributed by atoms with van der Waals surface area (Å²) in [6.07, 6.45) is 0. The Bertz CT molecular complexity index is 368. The first-order chi connectivity index (χ1) is 7.48. The molecule has 0 radical (unpaired) electrons. The summed E-state index contributed by atoms with van der Waals surface area (Å²) < 4.78 is 30.4. The highest BCUT2D eigenvalue weighted by molar-refractivity contribution is 7.12. The van der Waals surface area contributed by atoms with Gasteiger partial charge in [0.25, 0.3) is 11.8 Å². The molecule has 7 heteroatoms. The second-order valence-corrected chi connectivity index (χ2v) is 4.00. The summed E-state index contributed by atoms with van der Waals surface area (Å²) in [5, 5.41) is 3.73. The van der Waals surface area contributed by atoms with Gasteiger partial charge in [0.05, 0.1) is 25.1 Å². The van der Waals surface area contributed by atoms with Crippen LogP contribution in [0, 0.1) is 0 Å². The largest absolute Gasteiger partial charge is 0.496 e. The summed E-state index contributed by atoms with van der Waals surface area (Å²) in [6, 6.07) is 1.49. The van der Waals surface area contributed by atoms with E-state index in [0.29, 0.717) is 10.6 Å². The van der Waals surface area contributed by atoms with Gasteiger partial charge in [-0.2, -0.15) is 0 Å². The number of halogens is 2. The number of ether oxygens (including phenoxy) is 1. The molecule has 0 aromatic carbocycles. The van der Waals surface area contributed by atoms with E-state index in [2.05, 4.69) is 5.32 Å². The number of carbonyl (C=O) groups excluding carboxylic acids is 1. The van der Waals surface area contributed by atoms with E-state index >= 15 is 0 Å². The topological polar surface area (TPSA) is 64.3 Å². The summed E-state index contributed by atoms with van der Waals surface area (Å²) >= 11 is 1.13. The predicted molar refractivity (Wildman–Crippen MR) is 57.2 cm³/mol. The molecule has 3 N–H and O–H groups in total. The Kier molecular flexibility index (Phi) is 4.19. The van der Waals surface area contributed by atoms with Gasteiger partial charge < -0.3 is 15.8 Å². The molecular formula is C9H12F2N2O2S. The number of hydrogen-bond acceptors (Lipinski definition) is 4. The van der Waals surface area contributed by atoms with E-state index in [-0.39, 0.29) is 0 Å². The lowest BCUT2D eigenvalue weighted by atomic mass is 10.3. The molecule has 0 spiro atoms. The number of nitrogens with two attached hydrogens (primary N) is 1. The molecule has 0 fully saturated rings. The van der Waals surface area contributed by atoms with Gasteiger partial charge in [0.2, 0.25) is 0 Å². The smallest absolute Gasteiger partial charge is 0.277 e. The van der Waals surface area contributed by atoms with Crippen molar-refractivity contribution in [2.24, 2.45) is 5.73 Å². The SMILES string of the molecule is COc1csc(C(=O)NCC(F)(F)CN)c1. The van der Waals surface area contributed by atoms with Crippen molar-refractivity contribution in [1.29, 1.82) is 0 Å². The second kappa shape index (κ2) is 5.22. The Morgan fingerprint density at radius 2 is 2.38 bits per heavy atom. The Balaban J connectivity index is 2.53. The zero-order valence-electron chi connectivity index (χ0n) is 8.63. The standard InChI is InChI=1S/C9H12F2N2O2S/c1-15-6-2-7(16-3-6)8(14)13-5-9(10,11)4-12/h2-3H,4-5,12H2,1H3,(H,13,14). The first kappa shape index (κ1) is 12.9. The molecule has 4 nitrogen and oxygen atoms in total. The van der Waals surface area contributed by atoms with Crippen LogP contribution in [0.5, 0.6) is 5.75 Å². The minimum Gasteiger partial charge on any atom is -0.496 e. The maximum Gasteiger partial charge on any atom is 0.277 e. The number of hydrogen-bond donors (Lipinski definition) is 2. The van der Waals surface area contributed by atoms with Crippen molar-refractivity contribution in [3.05, 3.63) is 16.3 Å². The van der Waals surface area contributed by atoms with Crippen LogP contribution >= 0.6 is 11.3 Å². The highest BCUT2D eigenvalue weighted by atomic mass is 32.1. The van der Waals surface area contributed by atoms with Gasteiger partial charge in [0.1, 0.15) is 5.75 Å². The molecule has 1 heterocycles. The van der Waals surface area contributed by atoms with Crippen LogP contribution in [0.4, 0.5) is 8.78 Å². The summed E-state index contributed by atoms with van der Waals surface area (Å²) in [7, 11) is 1.46. The Morgan fingerprint density at radius 1 is 1.69 bits per heavy atom. The molecule has 0 aliphatic rings. The predicted octanol–water partition coefficient (Wildman–Crippen LogP) is 1.08. The van der Waals surface area contributed by atoms with Gasteiger partial charge in [0, 0.05) is 11.4 Å². The van der Waals surface area contributed by atoms with Gasteiger partial charge in [0.15, 0.2) is 0 Å². The van der Waals surface area contributed by atoms with Crippen molar-refractivity contribution in [2.75, 3.05) is 20.2 Å². The molecule has 0 aliphatic heterocycles. The molecule has 0 bridgehead atoms. The van der Waals surface area contributed by atoms with Crippen molar-refractivity contribution < 1.29 is 18.3 Å². The van der Waals surface area contributed by atoms with Crippen molar-refractivity contribution >= 4 is 17.2 Å². The molecule has 16 heavy (non-hydrogen) atoms. The third-order valence-corrected chi connectivity index (χ3v) is 2.75. The summed E-state index contributed by atoms with van der Waals surface area (Å²) in [5.41, 5.74) is 4.84. The summed E-state index contributed by atoms with van der Waals surface area (Å²) in [5.74, 6) is -3.10. The van der Waals surface area contributed by atoms with E-state index in [4.69, 9.17) is 10.5 Å². The normalized spacial score (nSPS) is 11.2. The van der Waals surface area contributed by atoms with Gasteiger partial charge in [-0.25, -0.2) is 8.78 Å².